The van der Waals surface area contributed by atoms with Crippen molar-refractivity contribution < 1.29 is 22.7 Å². The summed E-state index contributed by atoms with van der Waals surface area (Å²) in [6, 6.07) is 12.7. The molecule has 2 fully saturated rings. The second kappa shape index (κ2) is 9.50. The van der Waals surface area contributed by atoms with Gasteiger partial charge in [0.05, 0.1) is 22.8 Å². The normalized spacial score (nSPS) is 19.9. The van der Waals surface area contributed by atoms with Crippen LogP contribution in [0.3, 0.4) is 0 Å². The molecular formula is C26H32N2O5S. The zero-order valence-corrected chi connectivity index (χ0v) is 20.8. The molecule has 4 rings (SSSR count). The highest BCUT2D eigenvalue weighted by atomic mass is 32.2. The van der Waals surface area contributed by atoms with Crippen molar-refractivity contribution in [2.75, 3.05) is 25.0 Å². The minimum absolute atomic E-state index is 0.158. The number of aryl methyl sites for hydroxylation is 2. The van der Waals surface area contributed by atoms with E-state index in [0.717, 1.165) is 24.0 Å². The van der Waals surface area contributed by atoms with Gasteiger partial charge in [-0.2, -0.15) is 4.31 Å². The summed E-state index contributed by atoms with van der Waals surface area (Å²) in [7, 11) is -3.67. The number of hydrogen-bond donors (Lipinski definition) is 1. The standard InChI is InChI=1S/C26H32N2O5S/c1-4-33-25(30)26(13-14-26)21-9-11-22(12-10-21)27-24(29)20-6-5-15-28(17-20)34(31,32)23-16-18(2)7-8-19(23)3/h7-12,16,20H,4-6,13-15,17H2,1-3H3,(H,27,29). The third-order valence-corrected chi connectivity index (χ3v) is 8.84. The quantitative estimate of drug-likeness (QED) is 0.601. The van der Waals surface area contributed by atoms with Gasteiger partial charge in [0.2, 0.25) is 15.9 Å². The third-order valence-electron chi connectivity index (χ3n) is 6.84. The van der Waals surface area contributed by atoms with Crippen LogP contribution in [0.4, 0.5) is 5.69 Å². The molecule has 182 valence electrons. The Morgan fingerprint density at radius 2 is 1.82 bits per heavy atom. The number of hydrogen-bond acceptors (Lipinski definition) is 5. The Labute approximate surface area is 201 Å². The number of benzene rings is 2. The lowest BCUT2D eigenvalue weighted by Crippen LogP contribution is -2.43. The molecule has 1 unspecified atom stereocenters. The molecule has 1 heterocycles. The van der Waals surface area contributed by atoms with Crippen LogP contribution in [0, 0.1) is 19.8 Å². The van der Waals surface area contributed by atoms with E-state index in [4.69, 9.17) is 4.74 Å². The van der Waals surface area contributed by atoms with E-state index in [0.29, 0.717) is 42.1 Å². The van der Waals surface area contributed by atoms with Gasteiger partial charge in [0.25, 0.3) is 0 Å². The van der Waals surface area contributed by atoms with Crippen LogP contribution in [0.25, 0.3) is 0 Å². The molecule has 8 heteroatoms. The fraction of sp³-hybridized carbons (Fsp3) is 0.462. The van der Waals surface area contributed by atoms with Gasteiger partial charge >= 0.3 is 5.97 Å². The molecule has 1 saturated carbocycles. The van der Waals surface area contributed by atoms with E-state index >= 15 is 0 Å². The fourth-order valence-corrected chi connectivity index (χ4v) is 6.45. The van der Waals surface area contributed by atoms with E-state index in [1.807, 2.05) is 31.2 Å². The number of piperidine rings is 1. The first-order chi connectivity index (χ1) is 16.2. The number of amides is 1. The summed E-state index contributed by atoms with van der Waals surface area (Å²) in [5, 5.41) is 2.92. The fourth-order valence-electron chi connectivity index (χ4n) is 4.62. The summed E-state index contributed by atoms with van der Waals surface area (Å²) in [6.45, 7) is 6.38. The molecule has 1 saturated heterocycles. The monoisotopic (exact) mass is 484 g/mol. The Bertz CT molecular complexity index is 1190. The van der Waals surface area contributed by atoms with Crippen molar-refractivity contribution in [3.63, 3.8) is 0 Å². The van der Waals surface area contributed by atoms with Gasteiger partial charge in [0.1, 0.15) is 0 Å². The molecule has 2 aromatic carbocycles. The Hall–Kier alpha value is -2.71. The van der Waals surface area contributed by atoms with Gasteiger partial charge in [-0.25, -0.2) is 8.42 Å². The Balaban J connectivity index is 1.43. The predicted octanol–water partition coefficient (Wildman–Crippen LogP) is 3.94. The molecular weight excluding hydrogens is 452 g/mol. The number of anilines is 1. The lowest BCUT2D eigenvalue weighted by atomic mass is 9.95. The molecule has 2 aromatic rings. The Morgan fingerprint density at radius 3 is 2.47 bits per heavy atom. The number of nitrogens with one attached hydrogen (secondary N) is 1. The summed E-state index contributed by atoms with van der Waals surface area (Å²) in [5.41, 5.74) is 2.56. The molecule has 7 nitrogen and oxygen atoms in total. The summed E-state index contributed by atoms with van der Waals surface area (Å²) in [5.74, 6) is -0.818. The van der Waals surface area contributed by atoms with Crippen molar-refractivity contribution in [2.45, 2.75) is 56.8 Å². The maximum atomic E-state index is 13.3. The highest BCUT2D eigenvalue weighted by Crippen LogP contribution is 2.49. The SMILES string of the molecule is CCOC(=O)C1(c2ccc(NC(=O)C3CCCN(S(=O)(=O)c4cc(C)ccc4C)C3)cc2)CC1. The van der Waals surface area contributed by atoms with E-state index in [1.165, 1.54) is 4.31 Å². The first kappa shape index (κ1) is 24.4. The lowest BCUT2D eigenvalue weighted by Gasteiger charge is -2.31. The summed E-state index contributed by atoms with van der Waals surface area (Å²) >= 11 is 0. The molecule has 1 atom stereocenters. The molecule has 34 heavy (non-hydrogen) atoms. The number of esters is 1. The Kier molecular flexibility index (Phi) is 6.82. The van der Waals surface area contributed by atoms with Gasteiger partial charge in [-0.1, -0.05) is 24.3 Å². The number of sulfonamides is 1. The molecule has 0 aromatic heterocycles. The van der Waals surface area contributed by atoms with E-state index in [2.05, 4.69) is 5.32 Å². The predicted molar refractivity (Wildman–Crippen MR) is 130 cm³/mol. The van der Waals surface area contributed by atoms with Gasteiger partial charge in [-0.15, -0.1) is 0 Å². The van der Waals surface area contributed by atoms with Crippen LogP contribution in [0.15, 0.2) is 47.4 Å². The Morgan fingerprint density at radius 1 is 1.12 bits per heavy atom. The van der Waals surface area contributed by atoms with Gasteiger partial charge in [0, 0.05) is 18.8 Å². The molecule has 1 aliphatic carbocycles. The molecule has 0 bridgehead atoms. The van der Waals surface area contributed by atoms with Crippen LogP contribution in [-0.4, -0.2) is 44.3 Å². The average Bonchev–Trinajstić information content (AvgIpc) is 3.63. The van der Waals surface area contributed by atoms with E-state index in [9.17, 15) is 18.0 Å². The third kappa shape index (κ3) is 4.74. The number of ether oxygens (including phenoxy) is 1. The minimum Gasteiger partial charge on any atom is -0.465 e. The summed E-state index contributed by atoms with van der Waals surface area (Å²) < 4.78 is 33.2. The van der Waals surface area contributed by atoms with Crippen molar-refractivity contribution in [1.82, 2.24) is 4.31 Å². The van der Waals surface area contributed by atoms with Crippen molar-refractivity contribution in [1.29, 1.82) is 0 Å². The van der Waals surface area contributed by atoms with Crippen molar-refractivity contribution in [2.24, 2.45) is 5.92 Å². The molecule has 1 amide bonds. The molecule has 0 spiro atoms. The molecule has 2 aliphatic rings. The highest BCUT2D eigenvalue weighted by Gasteiger charge is 2.52. The summed E-state index contributed by atoms with van der Waals surface area (Å²) in [6.07, 6.45) is 2.80. The lowest BCUT2D eigenvalue weighted by molar-refractivity contribution is -0.146. The van der Waals surface area contributed by atoms with Crippen molar-refractivity contribution >= 4 is 27.6 Å². The number of carbonyl (C=O) groups excluding carboxylic acids is 2. The van der Waals surface area contributed by atoms with Crippen LogP contribution in [0.2, 0.25) is 0 Å². The number of carbonyl (C=O) groups is 2. The van der Waals surface area contributed by atoms with Crippen LogP contribution in [0.5, 0.6) is 0 Å². The largest absolute Gasteiger partial charge is 0.465 e. The van der Waals surface area contributed by atoms with E-state index < -0.39 is 21.4 Å². The van der Waals surface area contributed by atoms with Gasteiger partial charge < -0.3 is 10.1 Å². The zero-order valence-electron chi connectivity index (χ0n) is 20.0. The van der Waals surface area contributed by atoms with Crippen LogP contribution >= 0.6 is 0 Å². The topological polar surface area (TPSA) is 92.8 Å². The highest BCUT2D eigenvalue weighted by molar-refractivity contribution is 7.89. The molecule has 1 N–H and O–H groups in total. The summed E-state index contributed by atoms with van der Waals surface area (Å²) in [4.78, 5) is 25.6. The van der Waals surface area contributed by atoms with Gasteiger partial charge in [0.15, 0.2) is 0 Å². The van der Waals surface area contributed by atoms with Gasteiger partial charge in [-0.3, -0.25) is 9.59 Å². The average molecular weight is 485 g/mol. The maximum Gasteiger partial charge on any atom is 0.316 e. The minimum atomic E-state index is -3.67. The molecule has 0 radical (unpaired) electrons. The van der Waals surface area contributed by atoms with E-state index in [-0.39, 0.29) is 18.4 Å². The number of rotatable bonds is 7. The molecule has 1 aliphatic heterocycles. The van der Waals surface area contributed by atoms with Gasteiger partial charge in [-0.05, 0) is 81.3 Å². The zero-order chi connectivity index (χ0) is 24.5. The van der Waals surface area contributed by atoms with Crippen molar-refractivity contribution in [3.05, 3.63) is 59.2 Å². The first-order valence-corrected chi connectivity index (χ1v) is 13.3. The van der Waals surface area contributed by atoms with Crippen molar-refractivity contribution in [3.8, 4) is 0 Å². The van der Waals surface area contributed by atoms with Crippen LogP contribution in [0.1, 0.15) is 49.3 Å². The second-order valence-electron chi connectivity index (χ2n) is 9.34. The van der Waals surface area contributed by atoms with Crippen LogP contribution in [-0.2, 0) is 29.8 Å². The first-order valence-electron chi connectivity index (χ1n) is 11.8. The maximum absolute atomic E-state index is 13.3. The second-order valence-corrected chi connectivity index (χ2v) is 11.2. The number of nitrogens with zero attached hydrogens (tertiary/aromatic N) is 1. The van der Waals surface area contributed by atoms with Crippen LogP contribution < -0.4 is 5.32 Å². The smallest absolute Gasteiger partial charge is 0.316 e. The van der Waals surface area contributed by atoms with E-state index in [1.54, 1.807) is 32.0 Å².